The van der Waals surface area contributed by atoms with Gasteiger partial charge in [0, 0.05) is 25.7 Å². The summed E-state index contributed by atoms with van der Waals surface area (Å²) in [4.78, 5) is 71.9. The minimum atomic E-state index is -4.94. The van der Waals surface area contributed by atoms with Crippen molar-refractivity contribution in [3.63, 3.8) is 0 Å². The molecule has 0 aliphatic heterocycles. The third kappa shape index (κ3) is 55.7. The van der Waals surface area contributed by atoms with E-state index in [1.54, 1.807) is 0 Å². The Balaban J connectivity index is 5.19. The molecule has 0 aliphatic rings. The first-order chi connectivity index (χ1) is 38.9. The lowest BCUT2D eigenvalue weighted by Gasteiger charge is -2.21. The number of aliphatic hydroxyl groups excluding tert-OH is 1. The number of phosphoric acid groups is 2. The van der Waals surface area contributed by atoms with E-state index in [0.29, 0.717) is 25.7 Å². The van der Waals surface area contributed by atoms with Crippen molar-refractivity contribution in [1.82, 2.24) is 0 Å². The molecule has 81 heavy (non-hydrogen) atoms. The molecule has 0 bridgehead atoms. The highest BCUT2D eigenvalue weighted by Gasteiger charge is 2.30. The Morgan fingerprint density at radius 2 is 0.630 bits per heavy atom. The predicted octanol–water partition coefficient (Wildman–Crippen LogP) is 16.9. The number of unbranched alkanes of at least 4 members (excludes halogenated alkanes) is 30. The van der Waals surface area contributed by atoms with Crippen LogP contribution in [0.15, 0.2) is 0 Å². The molecule has 6 atom stereocenters. The predicted molar refractivity (Wildman–Crippen MR) is 321 cm³/mol. The topological polar surface area (TPSA) is 237 Å². The Kier molecular flexibility index (Phi) is 53.4. The Bertz CT molecular complexity index is 1600. The fourth-order valence-corrected chi connectivity index (χ4v) is 10.7. The molecule has 0 radical (unpaired) electrons. The number of aliphatic hydroxyl groups is 1. The molecule has 480 valence electrons. The smallest absolute Gasteiger partial charge is 0.462 e. The highest BCUT2D eigenvalue weighted by atomic mass is 31.2. The molecule has 0 aliphatic carbocycles. The van der Waals surface area contributed by atoms with Crippen LogP contribution >= 0.6 is 15.6 Å². The Labute approximate surface area is 492 Å². The number of carbonyl (C=O) groups is 4. The summed E-state index contributed by atoms with van der Waals surface area (Å²) < 4.78 is 67.7. The third-order valence-corrected chi connectivity index (χ3v) is 16.5. The van der Waals surface area contributed by atoms with E-state index >= 15 is 0 Å². The molecular weight excluding hydrogens is 1080 g/mol. The molecule has 0 aromatic rings. The minimum absolute atomic E-state index is 0.103. The number of ether oxygens (including phenoxy) is 4. The van der Waals surface area contributed by atoms with Crippen molar-refractivity contribution in [1.29, 1.82) is 0 Å². The second-order valence-electron chi connectivity index (χ2n) is 23.2. The third-order valence-electron chi connectivity index (χ3n) is 14.6. The van der Waals surface area contributed by atoms with E-state index in [4.69, 9.17) is 37.0 Å². The summed E-state index contributed by atoms with van der Waals surface area (Å²) in [6.45, 7) is 9.35. The first-order valence-electron chi connectivity index (χ1n) is 32.5. The molecule has 19 heteroatoms. The molecule has 3 N–H and O–H groups in total. The fraction of sp³-hybridized carbons (Fsp3) is 0.935. The molecule has 0 saturated carbocycles. The van der Waals surface area contributed by atoms with Gasteiger partial charge in [-0.25, -0.2) is 9.13 Å². The van der Waals surface area contributed by atoms with Crippen molar-refractivity contribution in [2.24, 2.45) is 11.8 Å². The first kappa shape index (κ1) is 79.1. The summed E-state index contributed by atoms with van der Waals surface area (Å²) in [7, 11) is -9.88. The van der Waals surface area contributed by atoms with Gasteiger partial charge < -0.3 is 33.8 Å². The van der Waals surface area contributed by atoms with Gasteiger partial charge in [0.05, 0.1) is 26.4 Å². The largest absolute Gasteiger partial charge is 0.472 e. The highest BCUT2D eigenvalue weighted by molar-refractivity contribution is 7.47. The molecular formula is C62H120O17P2. The number of carbonyl (C=O) groups excluding carboxylic acids is 4. The number of esters is 4. The average Bonchev–Trinajstić information content (AvgIpc) is 3.43. The van der Waals surface area contributed by atoms with Crippen molar-refractivity contribution in [2.75, 3.05) is 39.6 Å². The van der Waals surface area contributed by atoms with Crippen LogP contribution in [0.1, 0.15) is 305 Å². The summed E-state index contributed by atoms with van der Waals surface area (Å²) >= 11 is 0. The highest BCUT2D eigenvalue weighted by Crippen LogP contribution is 2.45. The number of hydrogen-bond acceptors (Lipinski definition) is 15. The van der Waals surface area contributed by atoms with Crippen LogP contribution in [0.25, 0.3) is 0 Å². The van der Waals surface area contributed by atoms with E-state index in [9.17, 15) is 43.2 Å². The molecule has 0 fully saturated rings. The minimum Gasteiger partial charge on any atom is -0.462 e. The van der Waals surface area contributed by atoms with Gasteiger partial charge in [0.25, 0.3) is 0 Å². The van der Waals surface area contributed by atoms with E-state index in [1.165, 1.54) is 116 Å². The summed E-state index contributed by atoms with van der Waals surface area (Å²) in [6, 6.07) is 0. The Morgan fingerprint density at radius 3 is 0.938 bits per heavy atom. The summed E-state index contributed by atoms with van der Waals surface area (Å²) in [6.07, 6.45) is 36.5. The molecule has 0 rings (SSSR count). The van der Waals surface area contributed by atoms with Crippen LogP contribution in [0.3, 0.4) is 0 Å². The molecule has 0 amide bonds. The maximum Gasteiger partial charge on any atom is 0.472 e. The average molecular weight is 1200 g/mol. The molecule has 0 aromatic carbocycles. The molecule has 0 heterocycles. The van der Waals surface area contributed by atoms with E-state index < -0.39 is 97.5 Å². The van der Waals surface area contributed by atoms with Gasteiger partial charge in [-0.1, -0.05) is 253 Å². The van der Waals surface area contributed by atoms with E-state index in [1.807, 2.05) is 0 Å². The van der Waals surface area contributed by atoms with Gasteiger partial charge in [-0.05, 0) is 37.5 Å². The second kappa shape index (κ2) is 54.7. The van der Waals surface area contributed by atoms with Crippen LogP contribution in [0.5, 0.6) is 0 Å². The summed E-state index contributed by atoms with van der Waals surface area (Å²) in [5.41, 5.74) is 0. The Morgan fingerprint density at radius 1 is 0.358 bits per heavy atom. The molecule has 0 aromatic heterocycles. The monoisotopic (exact) mass is 1200 g/mol. The van der Waals surface area contributed by atoms with Gasteiger partial charge in [-0.3, -0.25) is 37.3 Å². The lowest BCUT2D eigenvalue weighted by atomic mass is 9.99. The number of hydrogen-bond donors (Lipinski definition) is 3. The van der Waals surface area contributed by atoms with Crippen LogP contribution in [-0.4, -0.2) is 96.7 Å². The van der Waals surface area contributed by atoms with Crippen LogP contribution in [0.4, 0.5) is 0 Å². The summed E-state index contributed by atoms with van der Waals surface area (Å²) in [5.74, 6) is -0.651. The van der Waals surface area contributed by atoms with Gasteiger partial charge >= 0.3 is 39.5 Å². The van der Waals surface area contributed by atoms with Gasteiger partial charge in [-0.15, -0.1) is 0 Å². The Hall–Kier alpha value is -1.94. The maximum absolute atomic E-state index is 13.0. The van der Waals surface area contributed by atoms with Crippen molar-refractivity contribution >= 4 is 39.5 Å². The lowest BCUT2D eigenvalue weighted by molar-refractivity contribution is -0.161. The standard InChI is InChI=1S/C62H120O17P2/c1-7-10-12-14-15-16-17-18-19-20-28-34-40-46-61(66)79-58(51-73-60(65)45-39-33-27-24-22-26-32-37-43-55(6)9-3)53-77-81(70,71)75-49-56(63)48-74-80(68,69)76-52-57(50-72-59(64)44-38-30-13-11-8-2)78-62(67)47-41-35-29-23-21-25-31-36-42-54(4)5/h54-58,63H,7-53H2,1-6H3,(H,68,69)(H,70,71)/t55?,56-,57+,58+/m0/s1. The van der Waals surface area contributed by atoms with Gasteiger partial charge in [-0.2, -0.15) is 0 Å². The van der Waals surface area contributed by atoms with Gasteiger partial charge in [0.1, 0.15) is 19.3 Å². The van der Waals surface area contributed by atoms with Crippen LogP contribution < -0.4 is 0 Å². The van der Waals surface area contributed by atoms with E-state index in [-0.39, 0.29) is 25.7 Å². The SMILES string of the molecule is CCCCCCCCCCCCCCCC(=O)O[C@H](COC(=O)CCCCCCCCCCC(C)CC)COP(=O)(O)OC[C@@H](O)COP(=O)(O)OC[C@@H](COC(=O)CCCCCCC)OC(=O)CCCCCCCCCCC(C)C. The first-order valence-corrected chi connectivity index (χ1v) is 35.5. The second-order valence-corrected chi connectivity index (χ2v) is 26.1. The normalized spacial score (nSPS) is 14.7. The quantitative estimate of drug-likeness (QED) is 0.0222. The fourth-order valence-electron chi connectivity index (χ4n) is 9.15. The van der Waals surface area contributed by atoms with Gasteiger partial charge in [0.15, 0.2) is 12.2 Å². The van der Waals surface area contributed by atoms with Crippen molar-refractivity contribution in [2.45, 2.75) is 323 Å². The molecule has 17 nitrogen and oxygen atoms in total. The van der Waals surface area contributed by atoms with Crippen molar-refractivity contribution in [3.05, 3.63) is 0 Å². The van der Waals surface area contributed by atoms with Crippen molar-refractivity contribution < 1.29 is 80.2 Å². The molecule has 3 unspecified atom stereocenters. The van der Waals surface area contributed by atoms with Crippen LogP contribution in [0, 0.1) is 11.8 Å². The van der Waals surface area contributed by atoms with E-state index in [2.05, 4.69) is 41.5 Å². The zero-order valence-corrected chi connectivity index (χ0v) is 53.9. The maximum atomic E-state index is 13.0. The van der Waals surface area contributed by atoms with Crippen molar-refractivity contribution in [3.8, 4) is 0 Å². The molecule has 0 spiro atoms. The van der Waals surface area contributed by atoms with E-state index in [0.717, 1.165) is 108 Å². The van der Waals surface area contributed by atoms with Crippen LogP contribution in [0.2, 0.25) is 0 Å². The van der Waals surface area contributed by atoms with Gasteiger partial charge in [0.2, 0.25) is 0 Å². The zero-order valence-electron chi connectivity index (χ0n) is 52.1. The molecule has 0 saturated heterocycles. The number of rotatable bonds is 61. The summed E-state index contributed by atoms with van der Waals surface area (Å²) in [5, 5.41) is 10.5. The number of phosphoric ester groups is 2. The van der Waals surface area contributed by atoms with Crippen LogP contribution in [-0.2, 0) is 65.4 Å². The lowest BCUT2D eigenvalue weighted by Crippen LogP contribution is -2.30. The zero-order chi connectivity index (χ0) is 60.1.